The molecule has 2 saturated carbocycles. The number of Topliss-reactive ketones (excluding diaryl/α,β-unsaturated/α-hetero) is 1. The van der Waals surface area contributed by atoms with E-state index in [1.807, 2.05) is 29.3 Å². The molecule has 208 valence electrons. The van der Waals surface area contributed by atoms with Gasteiger partial charge in [-0.05, 0) is 54.9 Å². The second kappa shape index (κ2) is 8.74. The van der Waals surface area contributed by atoms with Crippen molar-refractivity contribution in [2.24, 2.45) is 34.5 Å². The Morgan fingerprint density at radius 2 is 1.97 bits per heavy atom. The molecule has 4 aliphatic carbocycles. The molecule has 2 N–H and O–H groups in total. The first-order chi connectivity index (χ1) is 18.7. The number of aliphatic hydroxyl groups excluding tert-OH is 2. The normalized spacial score (nSPS) is 42.3. The van der Waals surface area contributed by atoms with Crippen LogP contribution in [0.1, 0.15) is 45.1 Å². The lowest BCUT2D eigenvalue weighted by Crippen LogP contribution is -2.63. The van der Waals surface area contributed by atoms with Crippen molar-refractivity contribution in [3.8, 4) is 11.5 Å². The Hall–Kier alpha value is -2.52. The number of carbonyl (C=O) groups excluding carboxylic acids is 2. The lowest BCUT2D eigenvalue weighted by atomic mass is 9.47. The van der Waals surface area contributed by atoms with E-state index in [0.717, 1.165) is 29.7 Å². The van der Waals surface area contributed by atoms with Gasteiger partial charge in [0, 0.05) is 42.2 Å². The first kappa shape index (κ1) is 25.4. The van der Waals surface area contributed by atoms with Crippen molar-refractivity contribution in [2.75, 3.05) is 26.4 Å². The van der Waals surface area contributed by atoms with Crippen LogP contribution < -0.4 is 9.47 Å². The number of allylic oxidation sites excluding steroid dienone is 4. The molecule has 0 radical (unpaired) electrons. The Bertz CT molecular complexity index is 1290. The summed E-state index contributed by atoms with van der Waals surface area (Å²) in [6.07, 6.45) is 7.66. The van der Waals surface area contributed by atoms with Crippen molar-refractivity contribution in [3.63, 3.8) is 0 Å². The number of rotatable bonds is 4. The van der Waals surface area contributed by atoms with Crippen LogP contribution in [-0.4, -0.2) is 64.9 Å². The molecule has 8 heteroatoms. The minimum Gasteiger partial charge on any atom is -0.486 e. The topological polar surface area (TPSA) is 106 Å². The highest BCUT2D eigenvalue weighted by Gasteiger charge is 2.74. The molecule has 0 amide bonds. The molecule has 2 heterocycles. The number of fused-ring (bicyclic) bond motifs is 8. The summed E-state index contributed by atoms with van der Waals surface area (Å²) < 4.78 is 11.4. The van der Waals surface area contributed by atoms with Crippen LogP contribution in [0.25, 0.3) is 0 Å². The predicted molar refractivity (Wildman–Crippen MR) is 141 cm³/mol. The highest BCUT2D eigenvalue weighted by molar-refractivity contribution is 5.93. The van der Waals surface area contributed by atoms with Crippen LogP contribution in [-0.2, 0) is 21.0 Å². The van der Waals surface area contributed by atoms with Gasteiger partial charge in [-0.1, -0.05) is 37.6 Å². The molecule has 1 saturated heterocycles. The highest BCUT2D eigenvalue weighted by atomic mass is 16.7. The zero-order valence-electron chi connectivity index (χ0n) is 22.6. The summed E-state index contributed by atoms with van der Waals surface area (Å²) in [6.45, 7) is 5.76. The summed E-state index contributed by atoms with van der Waals surface area (Å²) in [6, 6.07) is 5.85. The summed E-state index contributed by atoms with van der Waals surface area (Å²) in [5.74, 6) is 1.47. The van der Waals surface area contributed by atoms with E-state index in [9.17, 15) is 19.8 Å². The van der Waals surface area contributed by atoms with E-state index < -0.39 is 23.7 Å². The van der Waals surface area contributed by atoms with Crippen LogP contribution in [0.2, 0.25) is 0 Å². The number of carbonyl (C=O) groups is 2. The quantitative estimate of drug-likeness (QED) is 0.567. The third-order valence-corrected chi connectivity index (χ3v) is 11.0. The van der Waals surface area contributed by atoms with Gasteiger partial charge >= 0.3 is 0 Å². The Morgan fingerprint density at radius 1 is 1.18 bits per heavy atom. The monoisotopic (exact) mass is 535 g/mol. The molecule has 1 aromatic rings. The number of benzene rings is 1. The van der Waals surface area contributed by atoms with E-state index in [4.69, 9.17) is 14.3 Å². The molecular weight excluding hydrogens is 498 g/mol. The highest BCUT2D eigenvalue weighted by Crippen LogP contribution is 2.70. The Balaban J connectivity index is 1.20. The lowest BCUT2D eigenvalue weighted by molar-refractivity contribution is -0.253. The molecule has 3 fully saturated rings. The maximum absolute atomic E-state index is 13.7. The Morgan fingerprint density at radius 3 is 2.77 bits per heavy atom. The number of ether oxygens (including phenoxy) is 2. The fourth-order valence-electron chi connectivity index (χ4n) is 9.45. The van der Waals surface area contributed by atoms with Crippen LogP contribution in [0.3, 0.4) is 0 Å². The summed E-state index contributed by atoms with van der Waals surface area (Å²) in [5.41, 5.74) is -0.0765. The van der Waals surface area contributed by atoms with E-state index in [1.54, 1.807) is 6.08 Å². The van der Waals surface area contributed by atoms with Gasteiger partial charge in [0.2, 0.25) is 0 Å². The van der Waals surface area contributed by atoms with Crippen LogP contribution in [0.4, 0.5) is 0 Å². The standard InChI is InChI=1S/C31H37NO7/c1-29-8-7-21(34)12-19(29)4-5-22-23-13-20-16-32(15-18-3-6-25-26(11-18)38-10-9-37-25)39-31(20,27(36)17-33)30(23,2)14-24(35)28(22)29/h3-4,6-8,11,20,22-24,28,33,35H,5,9-10,12-17H2,1-2H3/t20-,22-,23-,24-,28+,29-,30-,31-/m0/s1. The summed E-state index contributed by atoms with van der Waals surface area (Å²) in [4.78, 5) is 32.5. The van der Waals surface area contributed by atoms with E-state index in [-0.39, 0.29) is 40.7 Å². The van der Waals surface area contributed by atoms with Gasteiger partial charge in [0.05, 0.1) is 6.10 Å². The molecule has 7 rings (SSSR count). The predicted octanol–water partition coefficient (Wildman–Crippen LogP) is 3.01. The molecule has 1 aromatic carbocycles. The van der Waals surface area contributed by atoms with Crippen molar-refractivity contribution >= 4 is 11.6 Å². The van der Waals surface area contributed by atoms with Crippen molar-refractivity contribution in [3.05, 3.63) is 47.6 Å². The van der Waals surface area contributed by atoms with Crippen LogP contribution in [0.5, 0.6) is 11.5 Å². The number of aliphatic hydroxyl groups is 2. The van der Waals surface area contributed by atoms with E-state index in [0.29, 0.717) is 44.9 Å². The number of hydrogen-bond acceptors (Lipinski definition) is 8. The van der Waals surface area contributed by atoms with Gasteiger partial charge in [-0.15, -0.1) is 0 Å². The first-order valence-corrected chi connectivity index (χ1v) is 14.3. The van der Waals surface area contributed by atoms with Gasteiger partial charge in [-0.25, -0.2) is 0 Å². The second-order valence-corrected chi connectivity index (χ2v) is 12.9. The fourth-order valence-corrected chi connectivity index (χ4v) is 9.45. The fraction of sp³-hybridized carbons (Fsp3) is 0.613. The number of hydroxylamine groups is 2. The molecule has 6 aliphatic rings. The van der Waals surface area contributed by atoms with Gasteiger partial charge in [0.15, 0.2) is 28.7 Å². The zero-order chi connectivity index (χ0) is 27.2. The lowest BCUT2D eigenvalue weighted by Gasteiger charge is -2.59. The minimum atomic E-state index is -1.19. The van der Waals surface area contributed by atoms with Crippen LogP contribution >= 0.6 is 0 Å². The van der Waals surface area contributed by atoms with E-state index >= 15 is 0 Å². The number of ketones is 2. The maximum Gasteiger partial charge on any atom is 0.192 e. The zero-order valence-corrected chi connectivity index (χ0v) is 22.6. The summed E-state index contributed by atoms with van der Waals surface area (Å²) >= 11 is 0. The Kier molecular flexibility index (Phi) is 5.70. The molecule has 8 nitrogen and oxygen atoms in total. The van der Waals surface area contributed by atoms with Crippen molar-refractivity contribution in [1.29, 1.82) is 0 Å². The van der Waals surface area contributed by atoms with Crippen molar-refractivity contribution in [2.45, 2.75) is 57.8 Å². The molecule has 0 spiro atoms. The van der Waals surface area contributed by atoms with Gasteiger partial charge in [0.1, 0.15) is 19.8 Å². The molecule has 2 aliphatic heterocycles. The molecule has 8 atom stereocenters. The Labute approximate surface area is 228 Å². The summed E-state index contributed by atoms with van der Waals surface area (Å²) in [5, 5.41) is 23.8. The maximum atomic E-state index is 13.7. The van der Waals surface area contributed by atoms with Gasteiger partial charge < -0.3 is 19.7 Å². The molecular formula is C31H37NO7. The van der Waals surface area contributed by atoms with Crippen LogP contribution in [0, 0.1) is 34.5 Å². The second-order valence-electron chi connectivity index (χ2n) is 12.9. The minimum absolute atomic E-state index is 0.0196. The third kappa shape index (κ3) is 3.44. The van der Waals surface area contributed by atoms with Gasteiger partial charge in [0.25, 0.3) is 0 Å². The molecule has 0 unspecified atom stereocenters. The SMILES string of the molecule is C[C@]12C=CC(=O)CC1=CC[C@@H]1[C@@H]2[C@@H](O)C[C@@]2(C)[C@H]1C[C@H]1CN(Cc3ccc4c(c3)OCCO4)O[C@]12C(=O)CO. The molecule has 0 bridgehead atoms. The van der Waals surface area contributed by atoms with Gasteiger partial charge in [-0.2, -0.15) is 5.06 Å². The average molecular weight is 536 g/mol. The molecule has 39 heavy (non-hydrogen) atoms. The van der Waals surface area contributed by atoms with Crippen LogP contribution in [0.15, 0.2) is 42.0 Å². The van der Waals surface area contributed by atoms with E-state index in [2.05, 4.69) is 19.9 Å². The summed E-state index contributed by atoms with van der Waals surface area (Å²) in [7, 11) is 0. The molecule has 0 aromatic heterocycles. The average Bonchev–Trinajstić information content (AvgIpc) is 3.40. The smallest absolute Gasteiger partial charge is 0.192 e. The number of nitrogens with zero attached hydrogens (tertiary/aromatic N) is 1. The number of hydrogen-bond donors (Lipinski definition) is 2. The van der Waals surface area contributed by atoms with Gasteiger partial charge in [-0.3, -0.25) is 14.4 Å². The van der Waals surface area contributed by atoms with Crippen molar-refractivity contribution < 1.29 is 34.1 Å². The largest absolute Gasteiger partial charge is 0.486 e. The van der Waals surface area contributed by atoms with Crippen molar-refractivity contribution in [1.82, 2.24) is 5.06 Å². The third-order valence-electron chi connectivity index (χ3n) is 11.0. The first-order valence-electron chi connectivity index (χ1n) is 14.3. The van der Waals surface area contributed by atoms with E-state index in [1.165, 1.54) is 0 Å².